The highest BCUT2D eigenvalue weighted by atomic mass is 16.2. The topological polar surface area (TPSA) is 54.5 Å². The number of carbonyl (C=O) groups is 3. The fraction of sp³-hybridized carbons (Fsp3) is 0.667. The standard InChI is InChI=1S/C9H15NO3/c1-2-5-9(13)10(8-12)6-3-4-7-11/h7-8H,2-6H2,1H3. The maximum absolute atomic E-state index is 11.2. The van der Waals surface area contributed by atoms with Crippen molar-refractivity contribution in [1.29, 1.82) is 0 Å². The van der Waals surface area contributed by atoms with Gasteiger partial charge in [0.2, 0.25) is 12.3 Å². The first-order chi connectivity index (χ1) is 6.26. The van der Waals surface area contributed by atoms with Crippen LogP contribution in [0.1, 0.15) is 32.6 Å². The molecule has 4 nitrogen and oxygen atoms in total. The monoisotopic (exact) mass is 185 g/mol. The van der Waals surface area contributed by atoms with Crippen LogP contribution in [0.5, 0.6) is 0 Å². The minimum Gasteiger partial charge on any atom is -0.303 e. The Kier molecular flexibility index (Phi) is 6.78. The van der Waals surface area contributed by atoms with Gasteiger partial charge in [0, 0.05) is 19.4 Å². The molecule has 0 rings (SSSR count). The molecule has 4 heteroatoms. The van der Waals surface area contributed by atoms with Crippen LogP contribution in [-0.2, 0) is 14.4 Å². The molecular formula is C9H15NO3. The molecule has 74 valence electrons. The molecule has 0 aliphatic carbocycles. The van der Waals surface area contributed by atoms with Gasteiger partial charge in [0.05, 0.1) is 0 Å². The lowest BCUT2D eigenvalue weighted by molar-refractivity contribution is -0.138. The van der Waals surface area contributed by atoms with E-state index in [1.54, 1.807) is 0 Å². The highest BCUT2D eigenvalue weighted by Gasteiger charge is 2.09. The maximum atomic E-state index is 11.2. The Bertz CT molecular complexity index is 180. The lowest BCUT2D eigenvalue weighted by Gasteiger charge is -2.13. The predicted molar refractivity (Wildman–Crippen MR) is 48.0 cm³/mol. The van der Waals surface area contributed by atoms with E-state index in [0.29, 0.717) is 32.2 Å². The average molecular weight is 185 g/mol. The summed E-state index contributed by atoms with van der Waals surface area (Å²) >= 11 is 0. The summed E-state index contributed by atoms with van der Waals surface area (Å²) in [5.74, 6) is -0.164. The maximum Gasteiger partial charge on any atom is 0.228 e. The summed E-state index contributed by atoms with van der Waals surface area (Å²) in [7, 11) is 0. The number of unbranched alkanes of at least 4 members (excludes halogenated alkanes) is 1. The molecule has 0 atom stereocenters. The van der Waals surface area contributed by atoms with E-state index in [1.165, 1.54) is 0 Å². The van der Waals surface area contributed by atoms with Gasteiger partial charge in [-0.15, -0.1) is 0 Å². The van der Waals surface area contributed by atoms with Gasteiger partial charge in [-0.1, -0.05) is 6.92 Å². The van der Waals surface area contributed by atoms with Gasteiger partial charge < -0.3 is 4.79 Å². The molecule has 0 spiro atoms. The third kappa shape index (κ3) is 5.11. The van der Waals surface area contributed by atoms with Crippen LogP contribution >= 0.6 is 0 Å². The molecule has 0 aliphatic rings. The number of nitrogens with zero attached hydrogens (tertiary/aromatic N) is 1. The van der Waals surface area contributed by atoms with Crippen molar-refractivity contribution in [1.82, 2.24) is 4.90 Å². The number of rotatable bonds is 7. The van der Waals surface area contributed by atoms with Crippen molar-refractivity contribution in [2.45, 2.75) is 32.6 Å². The molecule has 0 unspecified atom stereocenters. The predicted octanol–water partition coefficient (Wildman–Crippen LogP) is 0.751. The van der Waals surface area contributed by atoms with Crippen LogP contribution in [0.2, 0.25) is 0 Å². The SMILES string of the molecule is CCCC(=O)N(C=O)CCCC=O. The Balaban J connectivity index is 3.79. The zero-order valence-electron chi connectivity index (χ0n) is 7.86. The van der Waals surface area contributed by atoms with Gasteiger partial charge in [0.15, 0.2) is 0 Å². The lowest BCUT2D eigenvalue weighted by atomic mass is 10.2. The molecule has 0 aromatic rings. The fourth-order valence-corrected chi connectivity index (χ4v) is 0.939. The summed E-state index contributed by atoms with van der Waals surface area (Å²) in [6.45, 7) is 2.23. The second-order valence-corrected chi connectivity index (χ2v) is 2.75. The minimum atomic E-state index is -0.164. The number of amides is 2. The Morgan fingerprint density at radius 1 is 1.38 bits per heavy atom. The number of carbonyl (C=O) groups excluding carboxylic acids is 3. The van der Waals surface area contributed by atoms with Gasteiger partial charge >= 0.3 is 0 Å². The van der Waals surface area contributed by atoms with Crippen LogP contribution in [0, 0.1) is 0 Å². The summed E-state index contributed by atoms with van der Waals surface area (Å²) in [6.07, 6.45) is 3.38. The van der Waals surface area contributed by atoms with Gasteiger partial charge in [-0.25, -0.2) is 0 Å². The van der Waals surface area contributed by atoms with Gasteiger partial charge in [0.1, 0.15) is 6.29 Å². The molecule has 0 heterocycles. The van der Waals surface area contributed by atoms with Gasteiger partial charge in [-0.05, 0) is 12.8 Å². The van der Waals surface area contributed by atoms with E-state index in [-0.39, 0.29) is 5.91 Å². The first kappa shape index (κ1) is 11.8. The van der Waals surface area contributed by atoms with Crippen molar-refractivity contribution in [2.24, 2.45) is 0 Å². The van der Waals surface area contributed by atoms with E-state index in [9.17, 15) is 14.4 Å². The molecule has 13 heavy (non-hydrogen) atoms. The van der Waals surface area contributed by atoms with Crippen molar-refractivity contribution in [2.75, 3.05) is 6.54 Å². The van der Waals surface area contributed by atoms with Crippen LogP contribution < -0.4 is 0 Å². The molecule has 0 fully saturated rings. The molecule has 0 aromatic heterocycles. The highest BCUT2D eigenvalue weighted by molar-refractivity contribution is 5.85. The number of hydrogen-bond acceptors (Lipinski definition) is 3. The van der Waals surface area contributed by atoms with Crippen LogP contribution in [0.3, 0.4) is 0 Å². The first-order valence-electron chi connectivity index (χ1n) is 4.44. The number of imide groups is 1. The van der Waals surface area contributed by atoms with Crippen molar-refractivity contribution >= 4 is 18.6 Å². The molecule has 0 saturated heterocycles. The van der Waals surface area contributed by atoms with Gasteiger partial charge in [0.25, 0.3) is 0 Å². The van der Waals surface area contributed by atoms with E-state index in [2.05, 4.69) is 0 Å². The van der Waals surface area contributed by atoms with Crippen molar-refractivity contribution in [3.8, 4) is 0 Å². The van der Waals surface area contributed by atoms with Gasteiger partial charge in [-0.3, -0.25) is 14.5 Å². The Morgan fingerprint density at radius 3 is 2.54 bits per heavy atom. The Hall–Kier alpha value is -1.19. The van der Waals surface area contributed by atoms with Crippen LogP contribution in [-0.4, -0.2) is 30.0 Å². The molecule has 0 saturated carbocycles. The van der Waals surface area contributed by atoms with Crippen molar-refractivity contribution in [3.05, 3.63) is 0 Å². The summed E-state index contributed by atoms with van der Waals surface area (Å²) in [4.78, 5) is 32.7. The number of hydrogen-bond donors (Lipinski definition) is 0. The number of aldehydes is 1. The Morgan fingerprint density at radius 2 is 2.08 bits per heavy atom. The zero-order chi connectivity index (χ0) is 10.1. The van der Waals surface area contributed by atoms with E-state index in [0.717, 1.165) is 17.6 Å². The van der Waals surface area contributed by atoms with E-state index >= 15 is 0 Å². The van der Waals surface area contributed by atoms with Crippen molar-refractivity contribution < 1.29 is 14.4 Å². The van der Waals surface area contributed by atoms with E-state index < -0.39 is 0 Å². The molecule has 0 N–H and O–H groups in total. The third-order valence-electron chi connectivity index (χ3n) is 1.63. The second-order valence-electron chi connectivity index (χ2n) is 2.75. The first-order valence-corrected chi connectivity index (χ1v) is 4.44. The van der Waals surface area contributed by atoms with Crippen LogP contribution in [0.15, 0.2) is 0 Å². The van der Waals surface area contributed by atoms with Crippen LogP contribution in [0.4, 0.5) is 0 Å². The molecule has 0 aliphatic heterocycles. The zero-order valence-corrected chi connectivity index (χ0v) is 7.86. The normalized spacial score (nSPS) is 9.31. The fourth-order valence-electron chi connectivity index (χ4n) is 0.939. The van der Waals surface area contributed by atoms with Crippen molar-refractivity contribution in [3.63, 3.8) is 0 Å². The molecule has 0 radical (unpaired) electrons. The summed E-state index contributed by atoms with van der Waals surface area (Å²) < 4.78 is 0. The van der Waals surface area contributed by atoms with Crippen LogP contribution in [0.25, 0.3) is 0 Å². The van der Waals surface area contributed by atoms with E-state index in [4.69, 9.17) is 0 Å². The average Bonchev–Trinajstić information content (AvgIpc) is 2.13. The molecule has 0 aromatic carbocycles. The summed E-state index contributed by atoms with van der Waals surface area (Å²) in [5, 5.41) is 0. The summed E-state index contributed by atoms with van der Waals surface area (Å²) in [6, 6.07) is 0. The van der Waals surface area contributed by atoms with Gasteiger partial charge in [-0.2, -0.15) is 0 Å². The quantitative estimate of drug-likeness (QED) is 0.434. The second kappa shape index (κ2) is 7.46. The van der Waals surface area contributed by atoms with E-state index in [1.807, 2.05) is 6.92 Å². The largest absolute Gasteiger partial charge is 0.303 e. The molecular weight excluding hydrogens is 170 g/mol. The third-order valence-corrected chi connectivity index (χ3v) is 1.63. The molecule has 0 bridgehead atoms. The smallest absolute Gasteiger partial charge is 0.228 e. The highest BCUT2D eigenvalue weighted by Crippen LogP contribution is 1.97. The minimum absolute atomic E-state index is 0.164. The lowest BCUT2D eigenvalue weighted by Crippen LogP contribution is -2.30. The Labute approximate surface area is 77.9 Å². The molecule has 2 amide bonds. The summed E-state index contributed by atoms with van der Waals surface area (Å²) in [5.41, 5.74) is 0.